The van der Waals surface area contributed by atoms with E-state index in [0.717, 1.165) is 17.2 Å². The van der Waals surface area contributed by atoms with E-state index in [1.807, 2.05) is 20.8 Å². The third kappa shape index (κ3) is 3.74. The molecule has 0 saturated carbocycles. The molecule has 3 N–H and O–H groups in total. The van der Waals surface area contributed by atoms with Gasteiger partial charge in [0.05, 0.1) is 6.04 Å². The van der Waals surface area contributed by atoms with Gasteiger partial charge in [-0.15, -0.1) is 11.3 Å². The summed E-state index contributed by atoms with van der Waals surface area (Å²) in [6.07, 6.45) is 0. The molecule has 0 spiro atoms. The van der Waals surface area contributed by atoms with Crippen molar-refractivity contribution in [1.29, 1.82) is 0 Å². The predicted molar refractivity (Wildman–Crippen MR) is 61.5 cm³/mol. The fraction of sp³-hybridized carbons (Fsp3) is 0.700. The van der Waals surface area contributed by atoms with Crippen LogP contribution in [-0.2, 0) is 0 Å². The SMILES string of the molecule is Cc1csc(C(C)NCC(C)(C)N)n1. The quantitative estimate of drug-likeness (QED) is 0.802. The van der Waals surface area contributed by atoms with Crippen molar-refractivity contribution in [3.63, 3.8) is 0 Å². The Morgan fingerprint density at radius 3 is 2.71 bits per heavy atom. The van der Waals surface area contributed by atoms with E-state index in [1.165, 1.54) is 0 Å². The second-order valence-electron chi connectivity index (χ2n) is 4.42. The minimum Gasteiger partial charge on any atom is -0.324 e. The van der Waals surface area contributed by atoms with Crippen molar-refractivity contribution < 1.29 is 0 Å². The Kier molecular flexibility index (Phi) is 3.64. The number of aryl methyl sites for hydroxylation is 1. The average molecular weight is 213 g/mol. The van der Waals surface area contributed by atoms with Crippen LogP contribution in [0, 0.1) is 6.92 Å². The molecule has 1 aromatic heterocycles. The Labute approximate surface area is 89.7 Å². The lowest BCUT2D eigenvalue weighted by Gasteiger charge is -2.21. The Balaban J connectivity index is 2.47. The van der Waals surface area contributed by atoms with Crippen molar-refractivity contribution in [3.05, 3.63) is 16.1 Å². The monoisotopic (exact) mass is 213 g/mol. The molecule has 4 heteroatoms. The second-order valence-corrected chi connectivity index (χ2v) is 5.31. The largest absolute Gasteiger partial charge is 0.324 e. The van der Waals surface area contributed by atoms with Gasteiger partial charge in [-0.3, -0.25) is 0 Å². The van der Waals surface area contributed by atoms with Crippen LogP contribution < -0.4 is 11.1 Å². The molecule has 80 valence electrons. The van der Waals surface area contributed by atoms with Crippen LogP contribution in [0.4, 0.5) is 0 Å². The van der Waals surface area contributed by atoms with E-state index < -0.39 is 0 Å². The zero-order chi connectivity index (χ0) is 10.8. The first kappa shape index (κ1) is 11.6. The molecule has 1 unspecified atom stereocenters. The zero-order valence-corrected chi connectivity index (χ0v) is 10.1. The molecule has 1 atom stereocenters. The Bertz CT molecular complexity index is 288. The van der Waals surface area contributed by atoms with Crippen LogP contribution in [-0.4, -0.2) is 17.1 Å². The first-order valence-electron chi connectivity index (χ1n) is 4.83. The molecule has 0 aliphatic rings. The van der Waals surface area contributed by atoms with E-state index in [-0.39, 0.29) is 11.6 Å². The van der Waals surface area contributed by atoms with Crippen molar-refractivity contribution in [2.45, 2.75) is 39.3 Å². The molecule has 1 heterocycles. The van der Waals surface area contributed by atoms with E-state index >= 15 is 0 Å². The summed E-state index contributed by atoms with van der Waals surface area (Å²) < 4.78 is 0. The highest BCUT2D eigenvalue weighted by molar-refractivity contribution is 7.09. The molecule has 0 radical (unpaired) electrons. The number of hydrogen-bond donors (Lipinski definition) is 2. The van der Waals surface area contributed by atoms with E-state index in [9.17, 15) is 0 Å². The molecule has 1 rings (SSSR count). The molecule has 0 aromatic carbocycles. The van der Waals surface area contributed by atoms with Crippen LogP contribution in [0.3, 0.4) is 0 Å². The number of aromatic nitrogens is 1. The third-order valence-electron chi connectivity index (χ3n) is 1.87. The van der Waals surface area contributed by atoms with Crippen molar-refractivity contribution in [3.8, 4) is 0 Å². The fourth-order valence-corrected chi connectivity index (χ4v) is 1.90. The van der Waals surface area contributed by atoms with E-state index in [1.54, 1.807) is 11.3 Å². The first-order valence-corrected chi connectivity index (χ1v) is 5.71. The minimum absolute atomic E-state index is 0.166. The topological polar surface area (TPSA) is 50.9 Å². The van der Waals surface area contributed by atoms with Crippen LogP contribution in [0.1, 0.15) is 37.5 Å². The summed E-state index contributed by atoms with van der Waals surface area (Å²) in [6.45, 7) is 8.95. The Hall–Kier alpha value is -0.450. The highest BCUT2D eigenvalue weighted by atomic mass is 32.1. The van der Waals surface area contributed by atoms with Crippen molar-refractivity contribution in [1.82, 2.24) is 10.3 Å². The van der Waals surface area contributed by atoms with E-state index in [0.29, 0.717) is 0 Å². The van der Waals surface area contributed by atoms with Gasteiger partial charge >= 0.3 is 0 Å². The van der Waals surface area contributed by atoms with Crippen molar-refractivity contribution >= 4 is 11.3 Å². The summed E-state index contributed by atoms with van der Waals surface area (Å²) in [4.78, 5) is 4.43. The number of nitrogens with two attached hydrogens (primary N) is 1. The van der Waals surface area contributed by atoms with Gasteiger partial charge in [0.2, 0.25) is 0 Å². The van der Waals surface area contributed by atoms with Gasteiger partial charge in [0.1, 0.15) is 5.01 Å². The normalized spacial score (nSPS) is 14.4. The predicted octanol–water partition coefficient (Wildman–Crippen LogP) is 1.84. The first-order chi connectivity index (χ1) is 6.38. The molecule has 0 fully saturated rings. The summed E-state index contributed by atoms with van der Waals surface area (Å²) in [5.74, 6) is 0. The van der Waals surface area contributed by atoms with Gasteiger partial charge in [0.15, 0.2) is 0 Å². The lowest BCUT2D eigenvalue weighted by molar-refractivity contribution is 0.434. The summed E-state index contributed by atoms with van der Waals surface area (Å²) in [6, 6.07) is 0.288. The van der Waals surface area contributed by atoms with Gasteiger partial charge in [-0.25, -0.2) is 4.98 Å². The molecule has 0 aliphatic carbocycles. The number of thiazole rings is 1. The molecule has 3 nitrogen and oxygen atoms in total. The van der Waals surface area contributed by atoms with Crippen LogP contribution in [0.25, 0.3) is 0 Å². The molecular weight excluding hydrogens is 194 g/mol. The van der Waals surface area contributed by atoms with Gasteiger partial charge in [-0.2, -0.15) is 0 Å². The summed E-state index contributed by atoms with van der Waals surface area (Å²) in [5, 5.41) is 6.58. The van der Waals surface area contributed by atoms with Gasteiger partial charge < -0.3 is 11.1 Å². The van der Waals surface area contributed by atoms with Gasteiger partial charge in [0.25, 0.3) is 0 Å². The lowest BCUT2D eigenvalue weighted by atomic mass is 10.1. The number of nitrogens with zero attached hydrogens (tertiary/aromatic N) is 1. The summed E-state index contributed by atoms with van der Waals surface area (Å²) in [7, 11) is 0. The molecule has 0 amide bonds. The standard InChI is InChI=1S/C10H19N3S/c1-7-5-14-9(13-7)8(2)12-6-10(3,4)11/h5,8,12H,6,11H2,1-4H3. The van der Waals surface area contributed by atoms with Crippen LogP contribution in [0.15, 0.2) is 5.38 Å². The van der Waals surface area contributed by atoms with Gasteiger partial charge in [-0.1, -0.05) is 0 Å². The summed E-state index contributed by atoms with van der Waals surface area (Å²) >= 11 is 1.69. The molecule has 0 aliphatic heterocycles. The second kappa shape index (κ2) is 4.38. The zero-order valence-electron chi connectivity index (χ0n) is 9.29. The average Bonchev–Trinajstić information content (AvgIpc) is 2.46. The highest BCUT2D eigenvalue weighted by Gasteiger charge is 2.14. The smallest absolute Gasteiger partial charge is 0.110 e. The molecule has 0 saturated heterocycles. The maximum atomic E-state index is 5.89. The van der Waals surface area contributed by atoms with Crippen molar-refractivity contribution in [2.24, 2.45) is 5.73 Å². The molecular formula is C10H19N3S. The van der Waals surface area contributed by atoms with Crippen molar-refractivity contribution in [2.75, 3.05) is 6.54 Å². The molecule has 1 aromatic rings. The van der Waals surface area contributed by atoms with Crippen LogP contribution in [0.2, 0.25) is 0 Å². The lowest BCUT2D eigenvalue weighted by Crippen LogP contribution is -2.43. The number of rotatable bonds is 4. The minimum atomic E-state index is -0.166. The van der Waals surface area contributed by atoms with E-state index in [2.05, 4.69) is 22.6 Å². The maximum Gasteiger partial charge on any atom is 0.110 e. The Morgan fingerprint density at radius 2 is 2.29 bits per heavy atom. The van der Waals surface area contributed by atoms with Crippen LogP contribution >= 0.6 is 11.3 Å². The number of nitrogens with one attached hydrogen (secondary N) is 1. The summed E-state index contributed by atoms with van der Waals surface area (Å²) in [5.41, 5.74) is 6.81. The van der Waals surface area contributed by atoms with Gasteiger partial charge in [-0.05, 0) is 27.7 Å². The third-order valence-corrected chi connectivity index (χ3v) is 3.02. The highest BCUT2D eigenvalue weighted by Crippen LogP contribution is 2.17. The molecule has 14 heavy (non-hydrogen) atoms. The van der Waals surface area contributed by atoms with E-state index in [4.69, 9.17) is 5.73 Å². The van der Waals surface area contributed by atoms with Gasteiger partial charge in [0, 0.05) is 23.2 Å². The Morgan fingerprint density at radius 1 is 1.64 bits per heavy atom. The molecule has 0 bridgehead atoms. The van der Waals surface area contributed by atoms with Crippen LogP contribution in [0.5, 0.6) is 0 Å². The fourth-order valence-electron chi connectivity index (χ4n) is 1.07. The maximum absolute atomic E-state index is 5.89. The number of hydrogen-bond acceptors (Lipinski definition) is 4.